The van der Waals surface area contributed by atoms with Gasteiger partial charge in [0, 0.05) is 36.8 Å². The number of benzene rings is 1. The van der Waals surface area contributed by atoms with Gasteiger partial charge in [-0.3, -0.25) is 0 Å². The number of rotatable bonds is 4. The summed E-state index contributed by atoms with van der Waals surface area (Å²) in [7, 11) is 0. The van der Waals surface area contributed by atoms with Gasteiger partial charge in [0.05, 0.1) is 37.3 Å². The molecule has 0 aromatic heterocycles. The van der Waals surface area contributed by atoms with Crippen LogP contribution in [0.15, 0.2) is 12.1 Å². The van der Waals surface area contributed by atoms with Gasteiger partial charge in [-0.2, -0.15) is 0 Å². The first-order valence-electron chi connectivity index (χ1n) is 14.2. The molecule has 2 aliphatic heterocycles. The van der Waals surface area contributed by atoms with Crippen molar-refractivity contribution < 1.29 is 8.97 Å². The highest BCUT2D eigenvalue weighted by Crippen LogP contribution is 2.42. The zero-order valence-corrected chi connectivity index (χ0v) is 25.1. The molecule has 0 saturated carbocycles. The van der Waals surface area contributed by atoms with E-state index in [4.69, 9.17) is 0 Å². The van der Waals surface area contributed by atoms with E-state index in [1.54, 1.807) is 16.7 Å². The van der Waals surface area contributed by atoms with Crippen LogP contribution in [0.4, 0.5) is 0 Å². The first-order valence-corrected chi connectivity index (χ1v) is 14.2. The van der Waals surface area contributed by atoms with Gasteiger partial charge in [0.2, 0.25) is 0 Å². The molecule has 0 atom stereocenters. The van der Waals surface area contributed by atoms with Crippen molar-refractivity contribution in [3.05, 3.63) is 34.4 Å². The second-order valence-electron chi connectivity index (χ2n) is 15.9. The monoisotopic (exact) mass is 470 g/mol. The lowest BCUT2D eigenvalue weighted by molar-refractivity contribution is -0.973. The van der Waals surface area contributed by atoms with Gasteiger partial charge in [0.15, 0.2) is 0 Å². The van der Waals surface area contributed by atoms with Gasteiger partial charge >= 0.3 is 0 Å². The summed E-state index contributed by atoms with van der Waals surface area (Å²) in [5.41, 5.74) is 7.32. The van der Waals surface area contributed by atoms with Gasteiger partial charge in [-0.15, -0.1) is 0 Å². The Morgan fingerprint density at radius 1 is 0.529 bits per heavy atom. The van der Waals surface area contributed by atoms with Crippen LogP contribution in [-0.4, -0.2) is 46.2 Å². The van der Waals surface area contributed by atoms with Crippen LogP contribution in [-0.2, 0) is 23.9 Å². The largest absolute Gasteiger partial charge is 0.316 e. The van der Waals surface area contributed by atoms with E-state index in [0.717, 1.165) is 0 Å². The van der Waals surface area contributed by atoms with Crippen molar-refractivity contribution >= 4 is 0 Å². The molecule has 0 N–H and O–H groups in total. The first-order chi connectivity index (χ1) is 15.3. The predicted molar refractivity (Wildman–Crippen MR) is 149 cm³/mol. The fraction of sp³-hybridized carbons (Fsp3) is 0.812. The van der Waals surface area contributed by atoms with Gasteiger partial charge in [-0.25, -0.2) is 0 Å². The molecule has 2 nitrogen and oxygen atoms in total. The Hall–Kier alpha value is -0.860. The van der Waals surface area contributed by atoms with Crippen LogP contribution in [0.5, 0.6) is 0 Å². The Kier molecular flexibility index (Phi) is 7.27. The molecular weight excluding hydrogens is 412 g/mol. The minimum absolute atomic E-state index is 0.143. The number of hydrogen-bond acceptors (Lipinski definition) is 0. The molecule has 0 aliphatic carbocycles. The third kappa shape index (κ3) is 5.29. The highest BCUT2D eigenvalue weighted by atomic mass is 15.4. The molecule has 2 heteroatoms. The Morgan fingerprint density at radius 2 is 0.853 bits per heavy atom. The van der Waals surface area contributed by atoms with Crippen LogP contribution in [0.3, 0.4) is 0 Å². The van der Waals surface area contributed by atoms with Crippen molar-refractivity contribution in [3.8, 4) is 0 Å². The van der Waals surface area contributed by atoms with Gasteiger partial charge in [0.25, 0.3) is 0 Å². The Bertz CT molecular complexity index is 795. The molecule has 34 heavy (non-hydrogen) atoms. The molecule has 2 heterocycles. The fourth-order valence-electron chi connectivity index (χ4n) is 7.08. The minimum atomic E-state index is 0.143. The van der Waals surface area contributed by atoms with Gasteiger partial charge in [-0.05, 0) is 75.6 Å². The lowest BCUT2D eigenvalue weighted by Gasteiger charge is -2.48. The van der Waals surface area contributed by atoms with E-state index >= 15 is 0 Å². The fourth-order valence-corrected chi connectivity index (χ4v) is 7.08. The molecule has 0 amide bonds. The zero-order chi connectivity index (χ0) is 25.8. The highest BCUT2D eigenvalue weighted by molar-refractivity contribution is 5.45. The lowest BCUT2D eigenvalue weighted by atomic mass is 9.75. The van der Waals surface area contributed by atoms with Crippen LogP contribution in [0.1, 0.15) is 131 Å². The van der Waals surface area contributed by atoms with Gasteiger partial charge in [-0.1, -0.05) is 41.5 Å². The second-order valence-corrected chi connectivity index (χ2v) is 15.9. The minimum Gasteiger partial charge on any atom is -0.316 e. The van der Waals surface area contributed by atoms with E-state index in [1.807, 2.05) is 0 Å². The average Bonchev–Trinajstić information content (AvgIpc) is 3.29. The third-order valence-electron chi connectivity index (χ3n) is 9.55. The van der Waals surface area contributed by atoms with Crippen LogP contribution in [0, 0.1) is 0 Å². The van der Waals surface area contributed by atoms with Crippen LogP contribution in [0.2, 0.25) is 0 Å². The summed E-state index contributed by atoms with van der Waals surface area (Å²) in [6.45, 7) is 37.1. The van der Waals surface area contributed by atoms with Crippen LogP contribution in [0.25, 0.3) is 0 Å². The average molecular weight is 471 g/mol. The van der Waals surface area contributed by atoms with Crippen molar-refractivity contribution in [2.24, 2.45) is 0 Å². The third-order valence-corrected chi connectivity index (χ3v) is 9.55. The predicted octanol–water partition coefficient (Wildman–Crippen LogP) is 8.10. The van der Waals surface area contributed by atoms with Crippen molar-refractivity contribution in [2.45, 2.75) is 144 Å². The Morgan fingerprint density at radius 3 is 1.09 bits per heavy atom. The SMILES string of the molecule is CC(C)(C)c1cc(C[N+]2(C(C)(C)C)CCCC2)c(C(C)(C)C)c(C[N+]2(C(C)(C)C)CCCC2)c1. The van der Waals surface area contributed by atoms with E-state index in [9.17, 15) is 0 Å². The second kappa shape index (κ2) is 8.91. The molecule has 0 unspecified atom stereocenters. The number of hydrogen-bond donors (Lipinski definition) is 0. The van der Waals surface area contributed by atoms with Crippen molar-refractivity contribution in [3.63, 3.8) is 0 Å². The summed E-state index contributed by atoms with van der Waals surface area (Å²) in [6, 6.07) is 5.25. The summed E-state index contributed by atoms with van der Waals surface area (Å²) in [6.07, 6.45) is 5.49. The van der Waals surface area contributed by atoms with E-state index in [-0.39, 0.29) is 21.9 Å². The Labute approximate surface area is 213 Å². The maximum Gasteiger partial charge on any atom is 0.105 e. The first kappa shape index (κ1) is 27.7. The maximum absolute atomic E-state index is 2.62. The summed E-state index contributed by atoms with van der Waals surface area (Å²) in [5.74, 6) is 0. The molecule has 2 aliphatic rings. The summed E-state index contributed by atoms with van der Waals surface area (Å²) in [4.78, 5) is 0. The molecule has 2 saturated heterocycles. The summed E-state index contributed by atoms with van der Waals surface area (Å²) in [5, 5.41) is 0. The number of quaternary nitrogens is 2. The van der Waals surface area contributed by atoms with Gasteiger partial charge in [0.1, 0.15) is 13.1 Å². The smallest absolute Gasteiger partial charge is 0.105 e. The van der Waals surface area contributed by atoms with Crippen molar-refractivity contribution in [2.75, 3.05) is 26.2 Å². The molecule has 0 radical (unpaired) electrons. The molecule has 0 spiro atoms. The molecule has 1 aromatic carbocycles. The summed E-state index contributed by atoms with van der Waals surface area (Å²) >= 11 is 0. The molecule has 2 fully saturated rings. The molecular formula is C32H58N2+2. The van der Waals surface area contributed by atoms with Crippen LogP contribution < -0.4 is 0 Å². The number of likely N-dealkylation sites (tertiary alicyclic amines) is 2. The standard InChI is InChI=1S/C32H58N2/c1-29(2,3)27-21-25(23-33(31(7,8)9)17-13-14-18-33)28(30(4,5)6)26(22-27)24-34(32(10,11)12)19-15-16-20-34/h21-22H,13-20,23-24H2,1-12H3/q+2. The van der Waals surface area contributed by atoms with Crippen LogP contribution >= 0.6 is 0 Å². The Balaban J connectivity index is 2.25. The van der Waals surface area contributed by atoms with Crippen molar-refractivity contribution in [1.82, 2.24) is 0 Å². The van der Waals surface area contributed by atoms with Crippen molar-refractivity contribution in [1.29, 1.82) is 0 Å². The molecule has 194 valence electrons. The molecule has 3 rings (SSSR count). The van der Waals surface area contributed by atoms with E-state index in [0.29, 0.717) is 0 Å². The lowest BCUT2D eigenvalue weighted by Crippen LogP contribution is -2.58. The molecule has 1 aromatic rings. The summed E-state index contributed by atoms with van der Waals surface area (Å²) < 4.78 is 2.48. The van der Waals surface area contributed by atoms with Gasteiger partial charge < -0.3 is 8.97 Å². The van der Waals surface area contributed by atoms with E-state index < -0.39 is 0 Å². The topological polar surface area (TPSA) is 0 Å². The zero-order valence-electron chi connectivity index (χ0n) is 25.1. The van der Waals surface area contributed by atoms with E-state index in [1.165, 1.54) is 79.5 Å². The molecule has 0 bridgehead atoms. The highest BCUT2D eigenvalue weighted by Gasteiger charge is 2.46. The number of nitrogens with zero attached hydrogens (tertiary/aromatic N) is 2. The normalized spacial score (nSPS) is 21.3. The van der Waals surface area contributed by atoms with E-state index in [2.05, 4.69) is 95.2 Å². The quantitative estimate of drug-likeness (QED) is 0.390. The maximum atomic E-state index is 2.62.